The molecule has 0 heterocycles. The van der Waals surface area contributed by atoms with E-state index in [1.165, 1.54) is 19.3 Å². The van der Waals surface area contributed by atoms with Gasteiger partial charge in [0.2, 0.25) is 0 Å². The highest BCUT2D eigenvalue weighted by Crippen LogP contribution is 2.63. The van der Waals surface area contributed by atoms with Gasteiger partial charge >= 0.3 is 0 Å². The van der Waals surface area contributed by atoms with Crippen molar-refractivity contribution in [1.82, 2.24) is 0 Å². The van der Waals surface area contributed by atoms with Gasteiger partial charge in [0.25, 0.3) is 0 Å². The van der Waals surface area contributed by atoms with E-state index in [2.05, 4.69) is 20.8 Å². The van der Waals surface area contributed by atoms with Gasteiger partial charge in [-0.05, 0) is 48.9 Å². The van der Waals surface area contributed by atoms with E-state index in [1.807, 2.05) is 0 Å². The van der Waals surface area contributed by atoms with Crippen LogP contribution >= 0.6 is 0 Å². The van der Waals surface area contributed by atoms with Crippen LogP contribution in [0, 0.1) is 16.7 Å². The minimum Gasteiger partial charge on any atom is -0.0602 e. The zero-order valence-corrected chi connectivity index (χ0v) is 8.82. The smallest absolute Gasteiger partial charge is 0.0269 e. The molecule has 2 saturated carbocycles. The second-order valence-electron chi connectivity index (χ2n) is 6.22. The van der Waals surface area contributed by atoms with Gasteiger partial charge in [-0.3, -0.25) is 0 Å². The van der Waals surface area contributed by atoms with E-state index in [-0.39, 0.29) is 0 Å². The quantitative estimate of drug-likeness (QED) is 0.552. The molecular weight excluding hydrogens is 144 g/mol. The second-order valence-corrected chi connectivity index (χ2v) is 6.22. The van der Waals surface area contributed by atoms with Gasteiger partial charge in [0.05, 0.1) is 0 Å². The molecule has 70 valence electrons. The van der Waals surface area contributed by atoms with Gasteiger partial charge in [0, 0.05) is 0 Å². The second kappa shape index (κ2) is 2.49. The van der Waals surface area contributed by atoms with Crippen LogP contribution < -0.4 is 0 Å². The van der Waals surface area contributed by atoms with Crippen LogP contribution in [0.4, 0.5) is 0 Å². The predicted molar refractivity (Wildman–Crippen MR) is 53.1 cm³/mol. The van der Waals surface area contributed by atoms with Crippen molar-refractivity contribution in [1.29, 1.82) is 0 Å². The topological polar surface area (TPSA) is 0 Å². The molecule has 0 aromatic carbocycles. The summed E-state index contributed by atoms with van der Waals surface area (Å²) in [5, 5.41) is 0. The molecule has 1 unspecified atom stereocenters. The predicted octanol–water partition coefficient (Wildman–Crippen LogP) is 4.00. The van der Waals surface area contributed by atoms with Gasteiger partial charge in [-0.15, -0.1) is 0 Å². The van der Waals surface area contributed by atoms with Crippen molar-refractivity contribution in [3.63, 3.8) is 0 Å². The third kappa shape index (κ3) is 1.53. The standard InChI is InChI=1S/C12H22/c1-11(2,3)9-10-5-4-6-12(10)7-8-12/h10H,4-9H2,1-3H3. The summed E-state index contributed by atoms with van der Waals surface area (Å²) in [7, 11) is 0. The molecule has 2 aliphatic rings. The Balaban J connectivity index is 1.96. The van der Waals surface area contributed by atoms with Crippen LogP contribution in [-0.2, 0) is 0 Å². The molecule has 1 atom stereocenters. The highest BCUT2D eigenvalue weighted by atomic mass is 14.6. The van der Waals surface area contributed by atoms with Crippen molar-refractivity contribution in [2.45, 2.75) is 59.3 Å². The van der Waals surface area contributed by atoms with Crippen molar-refractivity contribution >= 4 is 0 Å². The van der Waals surface area contributed by atoms with Gasteiger partial charge in [0.15, 0.2) is 0 Å². The van der Waals surface area contributed by atoms with Crippen LogP contribution in [0.25, 0.3) is 0 Å². The van der Waals surface area contributed by atoms with Crippen molar-refractivity contribution in [2.24, 2.45) is 16.7 Å². The molecule has 2 fully saturated rings. The monoisotopic (exact) mass is 166 g/mol. The van der Waals surface area contributed by atoms with Crippen molar-refractivity contribution in [3.05, 3.63) is 0 Å². The number of hydrogen-bond acceptors (Lipinski definition) is 0. The van der Waals surface area contributed by atoms with Gasteiger partial charge in [-0.25, -0.2) is 0 Å². The Labute approximate surface area is 76.7 Å². The lowest BCUT2D eigenvalue weighted by atomic mass is 9.78. The zero-order chi connectivity index (χ0) is 8.82. The van der Waals surface area contributed by atoms with E-state index in [0.717, 1.165) is 11.3 Å². The molecule has 2 aliphatic carbocycles. The van der Waals surface area contributed by atoms with Crippen LogP contribution in [0.15, 0.2) is 0 Å². The Morgan fingerprint density at radius 2 is 1.83 bits per heavy atom. The minimum atomic E-state index is 0.560. The highest BCUT2D eigenvalue weighted by Gasteiger charge is 2.52. The van der Waals surface area contributed by atoms with Crippen LogP contribution in [0.3, 0.4) is 0 Å². The maximum absolute atomic E-state index is 2.39. The maximum atomic E-state index is 2.39. The van der Waals surface area contributed by atoms with E-state index < -0.39 is 0 Å². The Hall–Kier alpha value is 0. The molecule has 0 heteroatoms. The molecule has 0 N–H and O–H groups in total. The average molecular weight is 166 g/mol. The van der Waals surface area contributed by atoms with Gasteiger partial charge in [-0.1, -0.05) is 27.2 Å². The molecule has 1 spiro atoms. The highest BCUT2D eigenvalue weighted by molar-refractivity contribution is 5.02. The summed E-state index contributed by atoms with van der Waals surface area (Å²) in [6, 6.07) is 0. The third-order valence-corrected chi connectivity index (χ3v) is 3.84. The van der Waals surface area contributed by atoms with E-state index >= 15 is 0 Å². The Morgan fingerprint density at radius 1 is 1.17 bits per heavy atom. The van der Waals surface area contributed by atoms with Crippen LogP contribution in [-0.4, -0.2) is 0 Å². The van der Waals surface area contributed by atoms with E-state index in [1.54, 1.807) is 19.3 Å². The van der Waals surface area contributed by atoms with E-state index in [0.29, 0.717) is 5.41 Å². The van der Waals surface area contributed by atoms with Crippen LogP contribution in [0.2, 0.25) is 0 Å². The van der Waals surface area contributed by atoms with Gasteiger partial charge in [-0.2, -0.15) is 0 Å². The average Bonchev–Trinajstić information content (AvgIpc) is 2.54. The molecule has 0 saturated heterocycles. The molecular formula is C12H22. The summed E-state index contributed by atoms with van der Waals surface area (Å²) >= 11 is 0. The Morgan fingerprint density at radius 3 is 2.33 bits per heavy atom. The first-order valence-corrected chi connectivity index (χ1v) is 5.52. The fourth-order valence-corrected chi connectivity index (χ4v) is 3.09. The largest absolute Gasteiger partial charge is 0.0602 e. The first kappa shape index (κ1) is 8.59. The first-order valence-electron chi connectivity index (χ1n) is 5.52. The Kier molecular flexibility index (Phi) is 1.79. The molecule has 12 heavy (non-hydrogen) atoms. The van der Waals surface area contributed by atoms with Crippen LogP contribution in [0.1, 0.15) is 59.3 Å². The van der Waals surface area contributed by atoms with Crippen molar-refractivity contribution in [3.8, 4) is 0 Å². The summed E-state index contributed by atoms with van der Waals surface area (Å²) in [5.41, 5.74) is 1.43. The molecule has 2 rings (SSSR count). The summed E-state index contributed by atoms with van der Waals surface area (Å²) in [5.74, 6) is 1.08. The first-order chi connectivity index (χ1) is 5.52. The summed E-state index contributed by atoms with van der Waals surface area (Å²) < 4.78 is 0. The molecule has 0 aromatic heterocycles. The summed E-state index contributed by atoms with van der Waals surface area (Å²) in [4.78, 5) is 0. The summed E-state index contributed by atoms with van der Waals surface area (Å²) in [6.45, 7) is 7.17. The maximum Gasteiger partial charge on any atom is -0.0269 e. The molecule has 0 bridgehead atoms. The third-order valence-electron chi connectivity index (χ3n) is 3.84. The van der Waals surface area contributed by atoms with Crippen molar-refractivity contribution < 1.29 is 0 Å². The van der Waals surface area contributed by atoms with Gasteiger partial charge < -0.3 is 0 Å². The minimum absolute atomic E-state index is 0.560. The molecule has 0 aliphatic heterocycles. The molecule has 0 nitrogen and oxygen atoms in total. The van der Waals surface area contributed by atoms with Gasteiger partial charge in [0.1, 0.15) is 0 Å². The SMILES string of the molecule is CC(C)(C)CC1CCCC12CC2. The normalized spacial score (nSPS) is 32.8. The lowest BCUT2D eigenvalue weighted by molar-refractivity contribution is 0.235. The zero-order valence-electron chi connectivity index (χ0n) is 8.82. The molecule has 0 radical (unpaired) electrons. The van der Waals surface area contributed by atoms with E-state index in [9.17, 15) is 0 Å². The Bertz CT molecular complexity index is 169. The fraction of sp³-hybridized carbons (Fsp3) is 1.00. The molecule has 0 amide bonds. The lowest BCUT2D eigenvalue weighted by Crippen LogP contribution is -2.17. The van der Waals surface area contributed by atoms with Crippen molar-refractivity contribution in [2.75, 3.05) is 0 Å². The molecule has 0 aromatic rings. The number of hydrogen-bond donors (Lipinski definition) is 0. The number of rotatable bonds is 1. The lowest BCUT2D eigenvalue weighted by Gasteiger charge is -2.27. The van der Waals surface area contributed by atoms with E-state index in [4.69, 9.17) is 0 Å². The summed E-state index contributed by atoms with van der Waals surface area (Å²) in [6.07, 6.45) is 9.15. The fourth-order valence-electron chi connectivity index (χ4n) is 3.09. The van der Waals surface area contributed by atoms with Crippen LogP contribution in [0.5, 0.6) is 0 Å².